The van der Waals surface area contributed by atoms with Crippen molar-refractivity contribution in [2.75, 3.05) is 26.2 Å². The summed E-state index contributed by atoms with van der Waals surface area (Å²) in [6, 6.07) is 2.12. The molecule has 0 aromatic carbocycles. The first-order valence-electron chi connectivity index (χ1n) is 5.24. The molecule has 1 atom stereocenters. The van der Waals surface area contributed by atoms with E-state index in [2.05, 4.69) is 26.8 Å². The van der Waals surface area contributed by atoms with E-state index in [1.165, 1.54) is 0 Å². The van der Waals surface area contributed by atoms with Gasteiger partial charge >= 0.3 is 0 Å². The van der Waals surface area contributed by atoms with Gasteiger partial charge in [-0.3, -0.25) is 4.90 Å². The lowest BCUT2D eigenvalue weighted by molar-refractivity contribution is 0.173. The van der Waals surface area contributed by atoms with E-state index in [4.69, 9.17) is 0 Å². The van der Waals surface area contributed by atoms with E-state index >= 15 is 0 Å². The van der Waals surface area contributed by atoms with Crippen molar-refractivity contribution >= 4 is 0 Å². The quantitative estimate of drug-likeness (QED) is 0.732. The highest BCUT2D eigenvalue weighted by Crippen LogP contribution is 2.17. The Morgan fingerprint density at radius 2 is 2.33 bits per heavy atom. The molecule has 1 aliphatic rings. The van der Waals surface area contributed by atoms with Crippen LogP contribution in [0.1, 0.15) is 11.9 Å². The normalized spacial score (nSPS) is 22.5. The molecule has 0 aliphatic carbocycles. The molecule has 1 N–H and O–H groups in total. The first-order valence-corrected chi connectivity index (χ1v) is 5.24. The van der Waals surface area contributed by atoms with Crippen LogP contribution in [0.25, 0.3) is 0 Å². The molecule has 2 heterocycles. The van der Waals surface area contributed by atoms with E-state index in [9.17, 15) is 0 Å². The fourth-order valence-electron chi connectivity index (χ4n) is 1.87. The molecule has 0 radical (unpaired) electrons. The number of hydrogen-bond donors (Lipinski definition) is 1. The number of piperazine rings is 1. The Kier molecular flexibility index (Phi) is 3.42. The molecule has 1 aliphatic heterocycles. The van der Waals surface area contributed by atoms with Gasteiger partial charge in [-0.1, -0.05) is 6.08 Å². The van der Waals surface area contributed by atoms with Crippen molar-refractivity contribution in [2.45, 2.75) is 6.04 Å². The van der Waals surface area contributed by atoms with Crippen LogP contribution in [-0.2, 0) is 0 Å². The van der Waals surface area contributed by atoms with E-state index in [-0.39, 0.29) is 6.04 Å². The average molecular weight is 204 g/mol. The number of aromatic nitrogens is 2. The molecule has 1 fully saturated rings. The van der Waals surface area contributed by atoms with E-state index in [0.717, 1.165) is 32.0 Å². The van der Waals surface area contributed by atoms with E-state index < -0.39 is 0 Å². The largest absolute Gasteiger partial charge is 0.313 e. The van der Waals surface area contributed by atoms with Gasteiger partial charge in [-0.15, -0.1) is 6.58 Å². The van der Waals surface area contributed by atoms with Crippen LogP contribution in [0.5, 0.6) is 0 Å². The standard InChI is InChI=1S/C11H16N4/c1-2-7-15-8-6-12-9-10(15)11-13-4-3-5-14-11/h2-5,10,12H,1,6-9H2. The Balaban J connectivity index is 2.14. The predicted molar refractivity (Wildman–Crippen MR) is 59.4 cm³/mol. The predicted octanol–water partition coefficient (Wildman–Crippen LogP) is 0.609. The third-order valence-corrected chi connectivity index (χ3v) is 2.60. The Bertz CT molecular complexity index is 312. The van der Waals surface area contributed by atoms with Crippen molar-refractivity contribution in [1.29, 1.82) is 0 Å². The zero-order chi connectivity index (χ0) is 10.5. The van der Waals surface area contributed by atoms with E-state index in [0.29, 0.717) is 0 Å². The van der Waals surface area contributed by atoms with Gasteiger partial charge in [0.25, 0.3) is 0 Å². The smallest absolute Gasteiger partial charge is 0.146 e. The van der Waals surface area contributed by atoms with Gasteiger partial charge in [0, 0.05) is 38.6 Å². The minimum atomic E-state index is 0.276. The lowest BCUT2D eigenvalue weighted by Gasteiger charge is -2.34. The summed E-state index contributed by atoms with van der Waals surface area (Å²) in [5.41, 5.74) is 0. The van der Waals surface area contributed by atoms with Crippen molar-refractivity contribution in [2.24, 2.45) is 0 Å². The Labute approximate surface area is 90.0 Å². The Morgan fingerprint density at radius 3 is 3.07 bits per heavy atom. The summed E-state index contributed by atoms with van der Waals surface area (Å²) in [4.78, 5) is 11.0. The van der Waals surface area contributed by atoms with Gasteiger partial charge in [-0.25, -0.2) is 9.97 Å². The minimum absolute atomic E-state index is 0.276. The molecule has 1 saturated heterocycles. The zero-order valence-corrected chi connectivity index (χ0v) is 8.76. The van der Waals surface area contributed by atoms with Gasteiger partial charge in [-0.05, 0) is 6.07 Å². The molecular formula is C11H16N4. The number of nitrogens with zero attached hydrogens (tertiary/aromatic N) is 3. The molecule has 4 nitrogen and oxygen atoms in total. The third kappa shape index (κ3) is 2.40. The van der Waals surface area contributed by atoms with Gasteiger partial charge in [0.1, 0.15) is 5.82 Å². The van der Waals surface area contributed by atoms with Crippen molar-refractivity contribution in [3.05, 3.63) is 36.9 Å². The fraction of sp³-hybridized carbons (Fsp3) is 0.455. The van der Waals surface area contributed by atoms with Crippen LogP contribution in [0.4, 0.5) is 0 Å². The highest BCUT2D eigenvalue weighted by Gasteiger charge is 2.24. The topological polar surface area (TPSA) is 41.0 Å². The van der Waals surface area contributed by atoms with Crippen LogP contribution in [0.2, 0.25) is 0 Å². The molecule has 15 heavy (non-hydrogen) atoms. The summed E-state index contributed by atoms with van der Waals surface area (Å²) < 4.78 is 0. The molecule has 80 valence electrons. The van der Waals surface area contributed by atoms with Crippen molar-refractivity contribution in [3.8, 4) is 0 Å². The first kappa shape index (κ1) is 10.3. The van der Waals surface area contributed by atoms with Crippen molar-refractivity contribution < 1.29 is 0 Å². The molecule has 1 aromatic heterocycles. The van der Waals surface area contributed by atoms with Gasteiger partial charge in [0.05, 0.1) is 6.04 Å². The summed E-state index contributed by atoms with van der Waals surface area (Å²) in [6.45, 7) is 7.64. The third-order valence-electron chi connectivity index (χ3n) is 2.60. The maximum absolute atomic E-state index is 4.31. The number of hydrogen-bond acceptors (Lipinski definition) is 4. The van der Waals surface area contributed by atoms with Gasteiger partial charge in [-0.2, -0.15) is 0 Å². The zero-order valence-electron chi connectivity index (χ0n) is 8.76. The Morgan fingerprint density at radius 1 is 1.53 bits per heavy atom. The molecule has 0 saturated carbocycles. The molecule has 2 rings (SSSR count). The van der Waals surface area contributed by atoms with Gasteiger partial charge in [0.15, 0.2) is 0 Å². The summed E-state index contributed by atoms with van der Waals surface area (Å²) in [7, 11) is 0. The second-order valence-corrected chi connectivity index (χ2v) is 3.61. The van der Waals surface area contributed by atoms with E-state index in [1.54, 1.807) is 12.4 Å². The summed E-state index contributed by atoms with van der Waals surface area (Å²) in [5, 5.41) is 3.37. The minimum Gasteiger partial charge on any atom is -0.313 e. The maximum Gasteiger partial charge on any atom is 0.146 e. The molecule has 0 bridgehead atoms. The molecular weight excluding hydrogens is 188 g/mol. The highest BCUT2D eigenvalue weighted by molar-refractivity contribution is 5.00. The number of nitrogens with one attached hydrogen (secondary N) is 1. The first-order chi connectivity index (χ1) is 7.42. The SMILES string of the molecule is C=CCN1CCNCC1c1ncccn1. The van der Waals surface area contributed by atoms with Crippen LogP contribution in [-0.4, -0.2) is 41.0 Å². The monoisotopic (exact) mass is 204 g/mol. The molecule has 1 unspecified atom stereocenters. The van der Waals surface area contributed by atoms with E-state index in [1.807, 2.05) is 12.1 Å². The lowest BCUT2D eigenvalue weighted by Crippen LogP contribution is -2.46. The van der Waals surface area contributed by atoms with Crippen LogP contribution in [0.15, 0.2) is 31.1 Å². The summed E-state index contributed by atoms with van der Waals surface area (Å²) in [5.74, 6) is 0.895. The van der Waals surface area contributed by atoms with Gasteiger partial charge < -0.3 is 5.32 Å². The molecule has 0 amide bonds. The van der Waals surface area contributed by atoms with Crippen molar-refractivity contribution in [3.63, 3.8) is 0 Å². The summed E-state index contributed by atoms with van der Waals surface area (Å²) >= 11 is 0. The fourth-order valence-corrected chi connectivity index (χ4v) is 1.87. The molecule has 1 aromatic rings. The maximum atomic E-state index is 4.31. The second-order valence-electron chi connectivity index (χ2n) is 3.61. The molecule has 4 heteroatoms. The Hall–Kier alpha value is -1.26. The van der Waals surface area contributed by atoms with Crippen LogP contribution in [0.3, 0.4) is 0 Å². The van der Waals surface area contributed by atoms with Crippen LogP contribution >= 0.6 is 0 Å². The summed E-state index contributed by atoms with van der Waals surface area (Å²) in [6.07, 6.45) is 5.52. The van der Waals surface area contributed by atoms with Crippen LogP contribution in [0, 0.1) is 0 Å². The highest BCUT2D eigenvalue weighted by atomic mass is 15.2. The molecule has 0 spiro atoms. The lowest BCUT2D eigenvalue weighted by atomic mass is 10.1. The van der Waals surface area contributed by atoms with Crippen LogP contribution < -0.4 is 5.32 Å². The van der Waals surface area contributed by atoms with Gasteiger partial charge in [0.2, 0.25) is 0 Å². The van der Waals surface area contributed by atoms with Crippen molar-refractivity contribution in [1.82, 2.24) is 20.2 Å². The average Bonchev–Trinajstić information content (AvgIpc) is 2.31. The number of rotatable bonds is 3. The second kappa shape index (κ2) is 5.00.